The molecule has 0 saturated heterocycles. The topological polar surface area (TPSA) is 46.9 Å². The average Bonchev–Trinajstić information content (AvgIpc) is 3.10. The molecule has 1 heterocycles. The van der Waals surface area contributed by atoms with Gasteiger partial charge in [0.05, 0.1) is 11.3 Å². The fourth-order valence-electron chi connectivity index (χ4n) is 2.18. The van der Waals surface area contributed by atoms with Crippen LogP contribution in [0.25, 0.3) is 5.69 Å². The maximum absolute atomic E-state index is 13.7. The van der Waals surface area contributed by atoms with Gasteiger partial charge in [-0.2, -0.15) is 5.10 Å². The second-order valence-corrected chi connectivity index (χ2v) is 5.84. The maximum Gasteiger partial charge on any atom is 0.254 e. The van der Waals surface area contributed by atoms with Gasteiger partial charge >= 0.3 is 0 Å². The lowest BCUT2D eigenvalue weighted by atomic mass is 10.1. The molecule has 0 spiro atoms. The van der Waals surface area contributed by atoms with E-state index in [2.05, 4.69) is 26.3 Å². The van der Waals surface area contributed by atoms with E-state index < -0.39 is 11.7 Å². The van der Waals surface area contributed by atoms with Crippen LogP contribution in [0.15, 0.2) is 65.4 Å². The summed E-state index contributed by atoms with van der Waals surface area (Å²) in [5.74, 6) is -0.996. The van der Waals surface area contributed by atoms with Crippen LogP contribution in [0.4, 0.5) is 4.39 Å². The smallest absolute Gasteiger partial charge is 0.254 e. The highest BCUT2D eigenvalue weighted by Gasteiger charge is 2.12. The summed E-state index contributed by atoms with van der Waals surface area (Å²) in [5, 5.41) is 6.89. The van der Waals surface area contributed by atoms with Crippen LogP contribution in [0.3, 0.4) is 0 Å². The lowest BCUT2D eigenvalue weighted by Gasteiger charge is -2.08. The number of carbonyl (C=O) groups excluding carboxylic acids is 1. The highest BCUT2D eigenvalue weighted by atomic mass is 79.9. The molecule has 2 aromatic carbocycles. The van der Waals surface area contributed by atoms with Crippen LogP contribution in [0, 0.1) is 5.82 Å². The van der Waals surface area contributed by atoms with Crippen molar-refractivity contribution in [1.29, 1.82) is 0 Å². The molecule has 0 bridgehead atoms. The summed E-state index contributed by atoms with van der Waals surface area (Å²) in [6.07, 6.45) is 3.54. The lowest BCUT2D eigenvalue weighted by molar-refractivity contribution is 0.0947. The van der Waals surface area contributed by atoms with Gasteiger partial charge in [0, 0.05) is 23.4 Å². The van der Waals surface area contributed by atoms with Crippen molar-refractivity contribution in [2.24, 2.45) is 0 Å². The van der Waals surface area contributed by atoms with E-state index in [-0.39, 0.29) is 5.56 Å². The van der Waals surface area contributed by atoms with Gasteiger partial charge in [0.1, 0.15) is 5.82 Å². The summed E-state index contributed by atoms with van der Waals surface area (Å²) in [5.41, 5.74) is 1.82. The highest BCUT2D eigenvalue weighted by molar-refractivity contribution is 9.10. The SMILES string of the molecule is O=C(NCc1cccc(-n2cccn2)c1)c1cc(Br)ccc1F. The van der Waals surface area contributed by atoms with Gasteiger partial charge < -0.3 is 5.32 Å². The second kappa shape index (κ2) is 6.75. The third kappa shape index (κ3) is 3.65. The molecule has 3 aromatic rings. The average molecular weight is 374 g/mol. The van der Waals surface area contributed by atoms with Crippen molar-refractivity contribution < 1.29 is 9.18 Å². The van der Waals surface area contributed by atoms with E-state index in [0.29, 0.717) is 11.0 Å². The fraction of sp³-hybridized carbons (Fsp3) is 0.0588. The predicted molar refractivity (Wildman–Crippen MR) is 88.8 cm³/mol. The van der Waals surface area contributed by atoms with Crippen molar-refractivity contribution in [2.75, 3.05) is 0 Å². The second-order valence-electron chi connectivity index (χ2n) is 4.93. The van der Waals surface area contributed by atoms with Gasteiger partial charge in [0.25, 0.3) is 5.91 Å². The number of aromatic nitrogens is 2. The van der Waals surface area contributed by atoms with Gasteiger partial charge in [-0.25, -0.2) is 9.07 Å². The molecular formula is C17H13BrFN3O. The van der Waals surface area contributed by atoms with Gasteiger partial charge in [0.15, 0.2) is 0 Å². The van der Waals surface area contributed by atoms with Crippen LogP contribution in [0.2, 0.25) is 0 Å². The van der Waals surface area contributed by atoms with Gasteiger partial charge in [-0.05, 0) is 42.0 Å². The van der Waals surface area contributed by atoms with Crippen molar-refractivity contribution in [3.05, 3.63) is 82.3 Å². The van der Waals surface area contributed by atoms with Crippen LogP contribution in [-0.4, -0.2) is 15.7 Å². The van der Waals surface area contributed by atoms with Crippen molar-refractivity contribution in [2.45, 2.75) is 6.54 Å². The Morgan fingerprint density at radius 1 is 1.22 bits per heavy atom. The number of rotatable bonds is 4. The quantitative estimate of drug-likeness (QED) is 0.757. The Morgan fingerprint density at radius 3 is 2.87 bits per heavy atom. The van der Waals surface area contributed by atoms with E-state index in [1.807, 2.05) is 36.5 Å². The zero-order chi connectivity index (χ0) is 16.2. The minimum Gasteiger partial charge on any atom is -0.348 e. The molecule has 0 fully saturated rings. The molecule has 0 unspecified atom stereocenters. The molecule has 3 rings (SSSR count). The molecule has 0 atom stereocenters. The number of nitrogens with one attached hydrogen (secondary N) is 1. The first-order chi connectivity index (χ1) is 11.1. The van der Waals surface area contributed by atoms with E-state index in [0.717, 1.165) is 11.3 Å². The first-order valence-electron chi connectivity index (χ1n) is 6.96. The summed E-state index contributed by atoms with van der Waals surface area (Å²) in [6.45, 7) is 0.305. The molecule has 116 valence electrons. The van der Waals surface area contributed by atoms with Crippen LogP contribution in [-0.2, 0) is 6.54 Å². The number of benzene rings is 2. The predicted octanol–water partition coefficient (Wildman–Crippen LogP) is 3.70. The van der Waals surface area contributed by atoms with Gasteiger partial charge in [-0.3, -0.25) is 4.79 Å². The lowest BCUT2D eigenvalue weighted by Crippen LogP contribution is -2.23. The molecule has 0 aliphatic rings. The summed E-state index contributed by atoms with van der Waals surface area (Å²) in [6, 6.07) is 13.7. The van der Waals surface area contributed by atoms with Gasteiger partial charge in [0.2, 0.25) is 0 Å². The largest absolute Gasteiger partial charge is 0.348 e. The molecule has 1 N–H and O–H groups in total. The Balaban J connectivity index is 1.72. The van der Waals surface area contributed by atoms with Gasteiger partial charge in [-0.1, -0.05) is 28.1 Å². The Labute approximate surface area is 141 Å². The monoisotopic (exact) mass is 373 g/mol. The molecule has 1 amide bonds. The van der Waals surface area contributed by atoms with E-state index in [4.69, 9.17) is 0 Å². The van der Waals surface area contributed by atoms with Crippen molar-refractivity contribution >= 4 is 21.8 Å². The van der Waals surface area contributed by atoms with Crippen LogP contribution in [0.5, 0.6) is 0 Å². The zero-order valence-electron chi connectivity index (χ0n) is 12.0. The number of nitrogens with zero attached hydrogens (tertiary/aromatic N) is 2. The first-order valence-corrected chi connectivity index (χ1v) is 7.75. The zero-order valence-corrected chi connectivity index (χ0v) is 13.6. The van der Waals surface area contributed by atoms with Gasteiger partial charge in [-0.15, -0.1) is 0 Å². The molecule has 0 saturated carbocycles. The number of hydrogen-bond donors (Lipinski definition) is 1. The number of hydrogen-bond acceptors (Lipinski definition) is 2. The van der Waals surface area contributed by atoms with Crippen LogP contribution < -0.4 is 5.32 Å². The van der Waals surface area contributed by atoms with Crippen molar-refractivity contribution in [3.8, 4) is 5.69 Å². The van der Waals surface area contributed by atoms with Crippen LogP contribution in [0.1, 0.15) is 15.9 Å². The Kier molecular flexibility index (Phi) is 4.52. The highest BCUT2D eigenvalue weighted by Crippen LogP contribution is 2.16. The minimum atomic E-state index is -0.545. The third-order valence-electron chi connectivity index (χ3n) is 3.31. The van der Waals surface area contributed by atoms with E-state index in [9.17, 15) is 9.18 Å². The summed E-state index contributed by atoms with van der Waals surface area (Å²) in [4.78, 5) is 12.1. The molecule has 0 aliphatic carbocycles. The number of amides is 1. The first kappa shape index (κ1) is 15.4. The molecule has 1 aromatic heterocycles. The summed E-state index contributed by atoms with van der Waals surface area (Å²) >= 11 is 3.24. The summed E-state index contributed by atoms with van der Waals surface area (Å²) < 4.78 is 16.1. The molecule has 0 radical (unpaired) electrons. The Bertz CT molecular complexity index is 834. The Hall–Kier alpha value is -2.47. The van der Waals surface area contributed by atoms with E-state index in [1.165, 1.54) is 12.1 Å². The number of carbonyl (C=O) groups is 1. The number of halogens is 2. The Morgan fingerprint density at radius 2 is 2.09 bits per heavy atom. The summed E-state index contributed by atoms with van der Waals surface area (Å²) in [7, 11) is 0. The molecule has 6 heteroatoms. The minimum absolute atomic E-state index is 0.0163. The standard InChI is InChI=1S/C17H13BrFN3O/c18-13-5-6-16(19)15(10-13)17(23)20-11-12-3-1-4-14(9-12)22-8-2-7-21-22/h1-10H,11H2,(H,20,23). The maximum atomic E-state index is 13.7. The molecule has 23 heavy (non-hydrogen) atoms. The van der Waals surface area contributed by atoms with Crippen molar-refractivity contribution in [1.82, 2.24) is 15.1 Å². The van der Waals surface area contributed by atoms with E-state index in [1.54, 1.807) is 16.9 Å². The molecular weight excluding hydrogens is 361 g/mol. The fourth-order valence-corrected chi connectivity index (χ4v) is 2.54. The van der Waals surface area contributed by atoms with Crippen molar-refractivity contribution in [3.63, 3.8) is 0 Å². The van der Waals surface area contributed by atoms with E-state index >= 15 is 0 Å². The van der Waals surface area contributed by atoms with Crippen LogP contribution >= 0.6 is 15.9 Å². The normalized spacial score (nSPS) is 10.5. The molecule has 4 nitrogen and oxygen atoms in total. The molecule has 0 aliphatic heterocycles. The third-order valence-corrected chi connectivity index (χ3v) is 3.80.